The Morgan fingerprint density at radius 1 is 1.14 bits per heavy atom. The lowest BCUT2D eigenvalue weighted by Crippen LogP contribution is -2.36. The summed E-state index contributed by atoms with van der Waals surface area (Å²) in [6, 6.07) is 6.48. The van der Waals surface area contributed by atoms with E-state index in [4.69, 9.17) is 0 Å². The van der Waals surface area contributed by atoms with E-state index in [1.54, 1.807) is 36.5 Å². The number of nitrogens with one attached hydrogen (secondary N) is 2. The van der Waals surface area contributed by atoms with Crippen LogP contribution >= 0.6 is 0 Å². The van der Waals surface area contributed by atoms with Gasteiger partial charge < -0.3 is 15.4 Å². The summed E-state index contributed by atoms with van der Waals surface area (Å²) in [7, 11) is 0. The molecule has 0 aliphatic rings. The van der Waals surface area contributed by atoms with E-state index >= 15 is 0 Å². The first-order valence-corrected chi connectivity index (χ1v) is 6.16. The smallest absolute Gasteiger partial charge is 0.450 e. The molecule has 8 heteroatoms. The number of benzene rings is 1. The van der Waals surface area contributed by atoms with Crippen molar-refractivity contribution in [3.05, 3.63) is 35.4 Å². The van der Waals surface area contributed by atoms with Crippen LogP contribution in [-0.2, 0) is 22.6 Å². The van der Waals surface area contributed by atoms with E-state index in [1.807, 2.05) is 0 Å². The van der Waals surface area contributed by atoms with Gasteiger partial charge in [0.05, 0.1) is 6.61 Å². The molecule has 2 amide bonds. The van der Waals surface area contributed by atoms with Gasteiger partial charge >= 0.3 is 18.2 Å². The summed E-state index contributed by atoms with van der Waals surface area (Å²) in [6.45, 7) is 1.85. The summed E-state index contributed by atoms with van der Waals surface area (Å²) in [6.07, 6.45) is -5.48. The van der Waals surface area contributed by atoms with Gasteiger partial charge in [0.1, 0.15) is 0 Å². The number of amides is 2. The van der Waals surface area contributed by atoms with Crippen LogP contribution in [0.5, 0.6) is 0 Å². The Hall–Kier alpha value is -2.25. The Balaban J connectivity index is 2.53. The fourth-order valence-corrected chi connectivity index (χ4v) is 1.49. The zero-order valence-electron chi connectivity index (χ0n) is 11.3. The summed E-state index contributed by atoms with van der Waals surface area (Å²) in [5, 5.41) is 4.26. The minimum Gasteiger partial charge on any atom is -0.450 e. The van der Waals surface area contributed by atoms with Crippen molar-refractivity contribution in [3.8, 4) is 0 Å². The lowest BCUT2D eigenvalue weighted by molar-refractivity contribution is -0.173. The number of hydrogen-bond acceptors (Lipinski definition) is 3. The molecule has 0 atom stereocenters. The fraction of sp³-hybridized carbons (Fsp3) is 0.385. The number of halogens is 3. The van der Waals surface area contributed by atoms with Crippen LogP contribution in [-0.4, -0.2) is 24.8 Å². The van der Waals surface area contributed by atoms with Crippen molar-refractivity contribution in [2.45, 2.75) is 26.2 Å². The van der Waals surface area contributed by atoms with Crippen molar-refractivity contribution >= 4 is 12.0 Å². The van der Waals surface area contributed by atoms with Crippen LogP contribution in [0.4, 0.5) is 18.0 Å². The van der Waals surface area contributed by atoms with Gasteiger partial charge in [-0.05, 0) is 18.1 Å². The van der Waals surface area contributed by atoms with Crippen LogP contribution in [0.25, 0.3) is 0 Å². The third kappa shape index (κ3) is 6.15. The normalized spacial score (nSPS) is 10.9. The van der Waals surface area contributed by atoms with Crippen LogP contribution in [0.15, 0.2) is 24.3 Å². The second kappa shape index (κ2) is 7.51. The van der Waals surface area contributed by atoms with Crippen molar-refractivity contribution in [2.75, 3.05) is 6.61 Å². The highest BCUT2D eigenvalue weighted by molar-refractivity contribution is 5.81. The molecule has 0 bridgehead atoms. The van der Waals surface area contributed by atoms with Crippen molar-refractivity contribution in [2.24, 2.45) is 0 Å². The van der Waals surface area contributed by atoms with Gasteiger partial charge in [0, 0.05) is 13.1 Å². The maximum atomic E-state index is 12.0. The molecule has 21 heavy (non-hydrogen) atoms. The standard InChI is InChI=1S/C13H15F3N2O3/c1-2-21-12(20)18-8-10-5-3-4-9(6-10)7-17-11(19)13(14,15)16/h3-6H,2,7-8H2,1H3,(H,17,19)(H,18,20). The molecular weight excluding hydrogens is 289 g/mol. The van der Waals surface area contributed by atoms with E-state index in [1.165, 1.54) is 0 Å². The van der Waals surface area contributed by atoms with Gasteiger partial charge in [-0.15, -0.1) is 0 Å². The molecule has 0 heterocycles. The molecule has 1 rings (SSSR count). The summed E-state index contributed by atoms with van der Waals surface area (Å²) in [5.41, 5.74) is 1.18. The average molecular weight is 304 g/mol. The monoisotopic (exact) mass is 304 g/mol. The van der Waals surface area contributed by atoms with E-state index in [0.29, 0.717) is 11.1 Å². The number of alkyl halides is 3. The number of rotatable bonds is 5. The summed E-state index contributed by atoms with van der Waals surface area (Å²) < 4.78 is 40.8. The lowest BCUT2D eigenvalue weighted by Gasteiger charge is -2.09. The van der Waals surface area contributed by atoms with Crippen LogP contribution in [0.1, 0.15) is 18.1 Å². The van der Waals surface area contributed by atoms with Crippen LogP contribution < -0.4 is 10.6 Å². The van der Waals surface area contributed by atoms with E-state index in [9.17, 15) is 22.8 Å². The van der Waals surface area contributed by atoms with Gasteiger partial charge in [0.2, 0.25) is 0 Å². The molecule has 0 fully saturated rings. The first kappa shape index (κ1) is 16.8. The molecule has 0 aromatic heterocycles. The Labute approximate surface area is 119 Å². The number of alkyl carbamates (subject to hydrolysis) is 1. The molecular formula is C13H15F3N2O3. The van der Waals surface area contributed by atoms with Gasteiger partial charge in [-0.3, -0.25) is 4.79 Å². The van der Waals surface area contributed by atoms with E-state index in [2.05, 4.69) is 10.1 Å². The van der Waals surface area contributed by atoms with E-state index < -0.39 is 18.2 Å². The molecule has 2 N–H and O–H groups in total. The maximum absolute atomic E-state index is 12.0. The van der Waals surface area contributed by atoms with Crippen LogP contribution in [0.2, 0.25) is 0 Å². The van der Waals surface area contributed by atoms with Crippen molar-refractivity contribution in [1.29, 1.82) is 0 Å². The first-order valence-electron chi connectivity index (χ1n) is 6.16. The largest absolute Gasteiger partial charge is 0.471 e. The maximum Gasteiger partial charge on any atom is 0.471 e. The highest BCUT2D eigenvalue weighted by Gasteiger charge is 2.38. The number of hydrogen-bond donors (Lipinski definition) is 2. The fourth-order valence-electron chi connectivity index (χ4n) is 1.49. The Kier molecular flexibility index (Phi) is 6.01. The predicted molar refractivity (Wildman–Crippen MR) is 68.2 cm³/mol. The third-order valence-corrected chi connectivity index (χ3v) is 2.41. The molecule has 1 aromatic carbocycles. The minimum atomic E-state index is -4.90. The molecule has 1 aromatic rings. The van der Waals surface area contributed by atoms with E-state index in [-0.39, 0.29) is 19.7 Å². The number of carbonyl (C=O) groups is 2. The lowest BCUT2D eigenvalue weighted by atomic mass is 10.1. The van der Waals surface area contributed by atoms with Gasteiger partial charge in [-0.25, -0.2) is 4.79 Å². The van der Waals surface area contributed by atoms with Crippen molar-refractivity contribution in [3.63, 3.8) is 0 Å². The molecule has 5 nitrogen and oxygen atoms in total. The van der Waals surface area contributed by atoms with Crippen LogP contribution in [0, 0.1) is 0 Å². The Morgan fingerprint density at radius 3 is 2.24 bits per heavy atom. The summed E-state index contributed by atoms with van der Waals surface area (Å²) in [4.78, 5) is 21.8. The molecule has 0 aliphatic heterocycles. The highest BCUT2D eigenvalue weighted by Crippen LogP contribution is 2.14. The van der Waals surface area contributed by atoms with Gasteiger partial charge in [-0.2, -0.15) is 13.2 Å². The molecule has 0 aliphatic carbocycles. The average Bonchev–Trinajstić information content (AvgIpc) is 2.42. The first-order chi connectivity index (χ1) is 9.82. The zero-order chi connectivity index (χ0) is 15.9. The topological polar surface area (TPSA) is 67.4 Å². The van der Waals surface area contributed by atoms with Gasteiger partial charge in [0.25, 0.3) is 0 Å². The van der Waals surface area contributed by atoms with E-state index in [0.717, 1.165) is 0 Å². The van der Waals surface area contributed by atoms with Gasteiger partial charge in [0.15, 0.2) is 0 Å². The Morgan fingerprint density at radius 2 is 1.71 bits per heavy atom. The van der Waals surface area contributed by atoms with Crippen LogP contribution in [0.3, 0.4) is 0 Å². The highest BCUT2D eigenvalue weighted by atomic mass is 19.4. The molecule has 0 unspecified atom stereocenters. The second-order valence-corrected chi connectivity index (χ2v) is 4.07. The molecule has 0 saturated carbocycles. The van der Waals surface area contributed by atoms with Gasteiger partial charge in [-0.1, -0.05) is 24.3 Å². The SMILES string of the molecule is CCOC(=O)NCc1cccc(CNC(=O)C(F)(F)F)c1. The molecule has 0 spiro atoms. The van der Waals surface area contributed by atoms with Crippen molar-refractivity contribution < 1.29 is 27.5 Å². The number of ether oxygens (including phenoxy) is 1. The molecule has 0 radical (unpaired) electrons. The number of carbonyl (C=O) groups excluding carboxylic acids is 2. The predicted octanol–water partition coefficient (Wildman–Crippen LogP) is 2.11. The minimum absolute atomic E-state index is 0.180. The molecule has 0 saturated heterocycles. The summed E-state index contributed by atoms with van der Waals surface area (Å²) >= 11 is 0. The Bertz CT molecular complexity index is 504. The second-order valence-electron chi connectivity index (χ2n) is 4.07. The zero-order valence-corrected chi connectivity index (χ0v) is 11.3. The summed E-state index contributed by atoms with van der Waals surface area (Å²) in [5.74, 6) is -1.99. The third-order valence-electron chi connectivity index (χ3n) is 2.41. The quantitative estimate of drug-likeness (QED) is 0.875. The van der Waals surface area contributed by atoms with Crippen molar-refractivity contribution in [1.82, 2.24) is 10.6 Å². The molecule has 116 valence electrons.